The summed E-state index contributed by atoms with van der Waals surface area (Å²) in [5.74, 6) is -0.875. The fourth-order valence-corrected chi connectivity index (χ4v) is 4.23. The average molecular weight is 547 g/mol. The average Bonchev–Trinajstić information content (AvgIpc) is 3.06. The Hall–Kier alpha value is -3.72. The van der Waals surface area contributed by atoms with Crippen molar-refractivity contribution >= 4 is 69.6 Å². The third kappa shape index (κ3) is 5.11. The second-order valence-corrected chi connectivity index (χ2v) is 8.74. The second kappa shape index (κ2) is 10.5. The predicted octanol–water partition coefficient (Wildman–Crippen LogP) is 5.70. The number of nitrogens with one attached hydrogen (secondary N) is 2. The minimum Gasteiger partial charge on any atom is -0.497 e. The van der Waals surface area contributed by atoms with Gasteiger partial charge in [-0.15, -0.1) is 0 Å². The van der Waals surface area contributed by atoms with Crippen LogP contribution in [0.5, 0.6) is 11.5 Å². The van der Waals surface area contributed by atoms with Crippen LogP contribution in [-0.4, -0.2) is 31.9 Å². The number of rotatable bonds is 7. The number of ether oxygens (including phenoxy) is 2. The van der Waals surface area contributed by atoms with Crippen LogP contribution >= 0.6 is 34.8 Å². The molecular formula is C25H18Cl3N3O5. The summed E-state index contributed by atoms with van der Waals surface area (Å²) in [6.07, 6.45) is 0. The highest BCUT2D eigenvalue weighted by atomic mass is 35.5. The molecule has 0 radical (unpaired) electrons. The van der Waals surface area contributed by atoms with Crippen LogP contribution in [0.15, 0.2) is 71.4 Å². The summed E-state index contributed by atoms with van der Waals surface area (Å²) < 4.78 is 10.5. The van der Waals surface area contributed by atoms with Gasteiger partial charge in [-0.25, -0.2) is 4.90 Å². The topological polar surface area (TPSA) is 97.0 Å². The highest BCUT2D eigenvalue weighted by Gasteiger charge is 2.39. The van der Waals surface area contributed by atoms with E-state index in [2.05, 4.69) is 10.6 Å². The number of carbonyl (C=O) groups is 3. The standard InChI is InChI=1S/C25H18Cl3N3O5/c1-35-18-6-7-20(36-2)19(12-18)30-23(32)13-4-3-5-16(8-13)29-22-21(28)24(33)31(25(22)34)17-10-14(26)9-15(27)11-17/h3-12,29H,1-2H3,(H,30,32). The summed E-state index contributed by atoms with van der Waals surface area (Å²) in [6.45, 7) is 0. The molecule has 1 aliphatic rings. The quantitative estimate of drug-likeness (QED) is 0.369. The van der Waals surface area contributed by atoms with Gasteiger partial charge in [0.2, 0.25) is 0 Å². The summed E-state index contributed by atoms with van der Waals surface area (Å²) in [7, 11) is 3.00. The smallest absolute Gasteiger partial charge is 0.283 e. The summed E-state index contributed by atoms with van der Waals surface area (Å²) in [6, 6.07) is 15.7. The van der Waals surface area contributed by atoms with Gasteiger partial charge in [0, 0.05) is 27.4 Å². The number of carbonyl (C=O) groups excluding carboxylic acids is 3. The molecular weight excluding hydrogens is 529 g/mol. The molecule has 2 N–H and O–H groups in total. The first-order valence-electron chi connectivity index (χ1n) is 10.4. The Morgan fingerprint density at radius 1 is 0.861 bits per heavy atom. The van der Waals surface area contributed by atoms with Gasteiger partial charge in [0.05, 0.1) is 25.6 Å². The largest absolute Gasteiger partial charge is 0.497 e. The Morgan fingerprint density at radius 3 is 2.25 bits per heavy atom. The molecule has 0 spiro atoms. The Labute approximate surface area is 221 Å². The SMILES string of the molecule is COc1ccc(OC)c(NC(=O)c2cccc(NC3=C(Cl)C(=O)N(c4cc(Cl)cc(Cl)c4)C3=O)c2)c1. The molecule has 8 nitrogen and oxygen atoms in total. The molecule has 4 rings (SSSR count). The van der Waals surface area contributed by atoms with E-state index in [4.69, 9.17) is 44.3 Å². The maximum Gasteiger partial charge on any atom is 0.283 e. The first-order chi connectivity index (χ1) is 17.2. The third-order valence-electron chi connectivity index (χ3n) is 5.18. The first-order valence-corrected chi connectivity index (χ1v) is 11.5. The van der Waals surface area contributed by atoms with Crippen molar-refractivity contribution in [1.29, 1.82) is 0 Å². The van der Waals surface area contributed by atoms with E-state index in [0.717, 1.165) is 4.90 Å². The molecule has 1 aliphatic heterocycles. The minimum absolute atomic E-state index is 0.148. The maximum atomic E-state index is 13.1. The van der Waals surface area contributed by atoms with Crippen LogP contribution in [0.4, 0.5) is 17.1 Å². The van der Waals surface area contributed by atoms with Crippen LogP contribution in [0.25, 0.3) is 0 Å². The molecule has 0 saturated heterocycles. The molecule has 11 heteroatoms. The van der Waals surface area contributed by atoms with E-state index in [9.17, 15) is 14.4 Å². The second-order valence-electron chi connectivity index (χ2n) is 7.49. The number of nitrogens with zero attached hydrogens (tertiary/aromatic N) is 1. The number of anilines is 3. The molecule has 184 valence electrons. The van der Waals surface area contributed by atoms with Crippen molar-refractivity contribution in [2.75, 3.05) is 29.8 Å². The lowest BCUT2D eigenvalue weighted by Crippen LogP contribution is -2.32. The summed E-state index contributed by atoms with van der Waals surface area (Å²) >= 11 is 18.2. The Bertz CT molecular complexity index is 1400. The van der Waals surface area contributed by atoms with Crippen molar-refractivity contribution in [2.24, 2.45) is 0 Å². The number of imide groups is 1. The summed E-state index contributed by atoms with van der Waals surface area (Å²) in [5, 5.41) is 5.81. The van der Waals surface area contributed by atoms with Gasteiger partial charge >= 0.3 is 0 Å². The highest BCUT2D eigenvalue weighted by molar-refractivity contribution is 6.53. The lowest BCUT2D eigenvalue weighted by Gasteiger charge is -2.16. The van der Waals surface area contributed by atoms with E-state index in [-0.39, 0.29) is 32.0 Å². The molecule has 3 amide bonds. The molecule has 0 saturated carbocycles. The van der Waals surface area contributed by atoms with Gasteiger partial charge in [-0.2, -0.15) is 0 Å². The normalized spacial score (nSPS) is 13.2. The van der Waals surface area contributed by atoms with Crippen molar-refractivity contribution in [1.82, 2.24) is 0 Å². The molecule has 0 aliphatic carbocycles. The molecule has 0 fully saturated rings. The van der Waals surface area contributed by atoms with Crippen molar-refractivity contribution in [3.63, 3.8) is 0 Å². The predicted molar refractivity (Wildman–Crippen MR) is 139 cm³/mol. The zero-order chi connectivity index (χ0) is 26.0. The monoisotopic (exact) mass is 545 g/mol. The number of methoxy groups -OCH3 is 2. The van der Waals surface area contributed by atoms with Crippen LogP contribution in [0.1, 0.15) is 10.4 Å². The maximum absolute atomic E-state index is 13.1. The Kier molecular flexibility index (Phi) is 7.40. The van der Waals surface area contributed by atoms with Crippen LogP contribution in [-0.2, 0) is 9.59 Å². The Balaban J connectivity index is 1.56. The molecule has 3 aromatic carbocycles. The van der Waals surface area contributed by atoms with Crippen LogP contribution in [0, 0.1) is 0 Å². The molecule has 1 heterocycles. The molecule has 3 aromatic rings. The fourth-order valence-electron chi connectivity index (χ4n) is 3.50. The van der Waals surface area contributed by atoms with E-state index in [0.29, 0.717) is 22.9 Å². The van der Waals surface area contributed by atoms with Gasteiger partial charge in [0.1, 0.15) is 22.2 Å². The van der Waals surface area contributed by atoms with E-state index in [1.165, 1.54) is 38.5 Å². The van der Waals surface area contributed by atoms with Crippen molar-refractivity contribution in [3.8, 4) is 11.5 Å². The highest BCUT2D eigenvalue weighted by Crippen LogP contribution is 2.34. The number of hydrogen-bond donors (Lipinski definition) is 2. The van der Waals surface area contributed by atoms with Crippen molar-refractivity contribution < 1.29 is 23.9 Å². The van der Waals surface area contributed by atoms with Gasteiger partial charge in [0.15, 0.2) is 0 Å². The van der Waals surface area contributed by atoms with E-state index < -0.39 is 17.7 Å². The molecule has 36 heavy (non-hydrogen) atoms. The van der Waals surface area contributed by atoms with E-state index >= 15 is 0 Å². The van der Waals surface area contributed by atoms with Gasteiger partial charge < -0.3 is 20.1 Å². The van der Waals surface area contributed by atoms with Crippen LogP contribution < -0.4 is 25.0 Å². The molecule has 0 unspecified atom stereocenters. The van der Waals surface area contributed by atoms with Crippen LogP contribution in [0.2, 0.25) is 10.0 Å². The lowest BCUT2D eigenvalue weighted by molar-refractivity contribution is -0.120. The number of halogens is 3. The van der Waals surface area contributed by atoms with Crippen molar-refractivity contribution in [3.05, 3.63) is 87.0 Å². The molecule has 0 bridgehead atoms. The number of benzene rings is 3. The number of amides is 3. The summed E-state index contributed by atoms with van der Waals surface area (Å²) in [5.41, 5.74) is 1.08. The van der Waals surface area contributed by atoms with E-state index in [1.54, 1.807) is 36.4 Å². The Morgan fingerprint density at radius 2 is 1.58 bits per heavy atom. The van der Waals surface area contributed by atoms with E-state index in [1.807, 2.05) is 0 Å². The van der Waals surface area contributed by atoms with Crippen molar-refractivity contribution in [2.45, 2.75) is 0 Å². The summed E-state index contributed by atoms with van der Waals surface area (Å²) in [4.78, 5) is 39.6. The molecule has 0 atom stereocenters. The van der Waals surface area contributed by atoms with Gasteiger partial charge in [-0.1, -0.05) is 40.9 Å². The van der Waals surface area contributed by atoms with Crippen LogP contribution in [0.3, 0.4) is 0 Å². The molecule has 0 aromatic heterocycles. The van der Waals surface area contributed by atoms with Gasteiger partial charge in [-0.05, 0) is 48.5 Å². The fraction of sp³-hybridized carbons (Fsp3) is 0.0800. The lowest BCUT2D eigenvalue weighted by atomic mass is 10.1. The zero-order valence-electron chi connectivity index (χ0n) is 18.9. The minimum atomic E-state index is -0.735. The van der Waals surface area contributed by atoms with Gasteiger partial charge in [0.25, 0.3) is 17.7 Å². The third-order valence-corrected chi connectivity index (χ3v) is 5.97. The zero-order valence-corrected chi connectivity index (χ0v) is 21.2. The van der Waals surface area contributed by atoms with Gasteiger partial charge in [-0.3, -0.25) is 14.4 Å². The number of hydrogen-bond acceptors (Lipinski definition) is 6. The first kappa shape index (κ1) is 25.4.